The lowest BCUT2D eigenvalue weighted by Gasteiger charge is -2.19. The van der Waals surface area contributed by atoms with Crippen LogP contribution in [0.25, 0.3) is 0 Å². The molecule has 21 heavy (non-hydrogen) atoms. The van der Waals surface area contributed by atoms with Crippen LogP contribution >= 0.6 is 0 Å². The van der Waals surface area contributed by atoms with E-state index >= 15 is 0 Å². The SMILES string of the molecule is C/N=N\NN[C@@H](CC(=O)O)C(=O)N[C@@H](CC(=O)O)C(N)=O. The molecule has 0 aromatic heterocycles. The molecular formula is C9H16N6O6. The second kappa shape index (κ2) is 9.19. The molecule has 0 aliphatic carbocycles. The Morgan fingerprint density at radius 1 is 1.10 bits per heavy atom. The van der Waals surface area contributed by atoms with E-state index in [-0.39, 0.29) is 0 Å². The van der Waals surface area contributed by atoms with Gasteiger partial charge in [-0.2, -0.15) is 5.11 Å². The Balaban J connectivity index is 4.78. The second-order valence-corrected chi connectivity index (χ2v) is 3.77. The summed E-state index contributed by atoms with van der Waals surface area (Å²) in [6.07, 6.45) is -1.36. The van der Waals surface area contributed by atoms with E-state index in [2.05, 4.69) is 21.3 Å². The molecule has 0 fully saturated rings. The number of aliphatic carboxylic acids is 2. The second-order valence-electron chi connectivity index (χ2n) is 3.77. The highest BCUT2D eigenvalue weighted by atomic mass is 16.4. The predicted molar refractivity (Wildman–Crippen MR) is 66.5 cm³/mol. The first kappa shape index (κ1) is 18.2. The third-order valence-electron chi connectivity index (χ3n) is 2.12. The highest BCUT2D eigenvalue weighted by molar-refractivity contribution is 5.92. The smallest absolute Gasteiger partial charge is 0.305 e. The third kappa shape index (κ3) is 8.10. The molecule has 0 aliphatic heterocycles. The van der Waals surface area contributed by atoms with E-state index in [1.54, 1.807) is 0 Å². The number of carbonyl (C=O) groups is 4. The van der Waals surface area contributed by atoms with Crippen molar-refractivity contribution >= 4 is 23.8 Å². The number of hydrogen-bond acceptors (Lipinski definition) is 7. The van der Waals surface area contributed by atoms with Crippen LogP contribution in [-0.4, -0.2) is 53.1 Å². The van der Waals surface area contributed by atoms with E-state index < -0.39 is 48.7 Å². The summed E-state index contributed by atoms with van der Waals surface area (Å²) in [5.41, 5.74) is 9.32. The zero-order chi connectivity index (χ0) is 16.4. The molecule has 0 radical (unpaired) electrons. The summed E-state index contributed by atoms with van der Waals surface area (Å²) in [5, 5.41) is 25.9. The molecule has 0 aromatic carbocycles. The van der Waals surface area contributed by atoms with Crippen LogP contribution < -0.4 is 22.0 Å². The van der Waals surface area contributed by atoms with E-state index in [9.17, 15) is 19.2 Å². The van der Waals surface area contributed by atoms with Crippen LogP contribution in [0, 0.1) is 0 Å². The number of carboxylic acids is 2. The average Bonchev–Trinajstić information content (AvgIpc) is 2.35. The molecule has 118 valence electrons. The van der Waals surface area contributed by atoms with Gasteiger partial charge in [0.25, 0.3) is 0 Å². The van der Waals surface area contributed by atoms with E-state index in [4.69, 9.17) is 15.9 Å². The lowest BCUT2D eigenvalue weighted by Crippen LogP contribution is -2.54. The van der Waals surface area contributed by atoms with Gasteiger partial charge in [-0.15, -0.1) is 0 Å². The number of hydrogen-bond donors (Lipinski definition) is 6. The molecule has 0 saturated carbocycles. The zero-order valence-corrected chi connectivity index (χ0v) is 11.1. The summed E-state index contributed by atoms with van der Waals surface area (Å²) >= 11 is 0. The molecule has 0 unspecified atom stereocenters. The molecular weight excluding hydrogens is 288 g/mol. The molecule has 0 aliphatic rings. The number of carbonyl (C=O) groups excluding carboxylic acids is 2. The van der Waals surface area contributed by atoms with Crippen molar-refractivity contribution in [2.45, 2.75) is 24.9 Å². The molecule has 12 nitrogen and oxygen atoms in total. The van der Waals surface area contributed by atoms with E-state index in [0.717, 1.165) is 0 Å². The monoisotopic (exact) mass is 304 g/mol. The van der Waals surface area contributed by atoms with E-state index in [0.29, 0.717) is 0 Å². The fourth-order valence-electron chi connectivity index (χ4n) is 1.21. The van der Waals surface area contributed by atoms with Crippen LogP contribution in [0.4, 0.5) is 0 Å². The number of amides is 2. The van der Waals surface area contributed by atoms with Gasteiger partial charge in [-0.05, 0) is 0 Å². The van der Waals surface area contributed by atoms with Crippen LogP contribution in [0.3, 0.4) is 0 Å². The Morgan fingerprint density at radius 3 is 2.05 bits per heavy atom. The number of rotatable bonds is 10. The van der Waals surface area contributed by atoms with E-state index in [1.165, 1.54) is 7.05 Å². The molecule has 2 atom stereocenters. The number of primary amides is 1. The van der Waals surface area contributed by atoms with Gasteiger partial charge in [-0.3, -0.25) is 19.2 Å². The number of hydrazine groups is 1. The zero-order valence-electron chi connectivity index (χ0n) is 11.1. The van der Waals surface area contributed by atoms with Crippen molar-refractivity contribution in [1.82, 2.24) is 16.3 Å². The van der Waals surface area contributed by atoms with Gasteiger partial charge in [0, 0.05) is 0 Å². The van der Waals surface area contributed by atoms with Gasteiger partial charge in [0.05, 0.1) is 19.9 Å². The van der Waals surface area contributed by atoms with E-state index in [1.807, 2.05) is 5.32 Å². The first-order valence-electron chi connectivity index (χ1n) is 5.60. The number of nitrogens with one attached hydrogen (secondary N) is 3. The normalized spacial score (nSPS) is 13.4. The average molecular weight is 304 g/mol. The Labute approximate surface area is 118 Å². The summed E-state index contributed by atoms with van der Waals surface area (Å²) in [7, 11) is 1.33. The first-order valence-corrected chi connectivity index (χ1v) is 5.60. The summed E-state index contributed by atoms with van der Waals surface area (Å²) in [4.78, 5) is 44.1. The predicted octanol–water partition coefficient (Wildman–Crippen LogP) is -2.63. The standard InChI is InChI=1S/C9H16N6O6/c1-11-14-15-13-5(3-7(18)19)9(21)12-4(8(10)20)2-6(16)17/h4-5H,2-3H2,1H3,(H2,10,20)(H,11,15)(H,12,21)(H,13,14)(H,16,17)(H,18,19)/t4-,5-/m0/s1. The van der Waals surface area contributed by atoms with Gasteiger partial charge in [0.1, 0.15) is 12.1 Å². The van der Waals surface area contributed by atoms with Crippen LogP contribution in [0.15, 0.2) is 10.3 Å². The summed E-state index contributed by atoms with van der Waals surface area (Å²) in [6.45, 7) is 0. The highest BCUT2D eigenvalue weighted by Crippen LogP contribution is 1.97. The molecule has 2 amide bonds. The number of carboxylic acid groups (broad SMARTS) is 2. The van der Waals surface area contributed by atoms with Gasteiger partial charge in [-0.1, -0.05) is 5.22 Å². The largest absolute Gasteiger partial charge is 0.481 e. The fourth-order valence-corrected chi connectivity index (χ4v) is 1.21. The van der Waals surface area contributed by atoms with Crippen molar-refractivity contribution in [3.63, 3.8) is 0 Å². The lowest BCUT2D eigenvalue weighted by atomic mass is 10.1. The topological polar surface area (TPSA) is 196 Å². The minimum Gasteiger partial charge on any atom is -0.481 e. The minimum absolute atomic E-state index is 0.642. The first-order chi connectivity index (χ1) is 9.77. The molecule has 0 spiro atoms. The van der Waals surface area contributed by atoms with Crippen LogP contribution in [0.1, 0.15) is 12.8 Å². The Kier molecular flexibility index (Phi) is 7.98. The van der Waals surface area contributed by atoms with Crippen LogP contribution in [0.2, 0.25) is 0 Å². The molecule has 0 saturated heterocycles. The van der Waals surface area contributed by atoms with Gasteiger partial charge < -0.3 is 21.3 Å². The van der Waals surface area contributed by atoms with Crippen LogP contribution in [-0.2, 0) is 19.2 Å². The van der Waals surface area contributed by atoms with Gasteiger partial charge in [0.2, 0.25) is 11.8 Å². The molecule has 0 aromatic rings. The maximum Gasteiger partial charge on any atom is 0.305 e. The quantitative estimate of drug-likeness (QED) is 0.186. The molecule has 12 heteroatoms. The molecule has 0 bridgehead atoms. The van der Waals surface area contributed by atoms with Gasteiger partial charge in [0.15, 0.2) is 0 Å². The van der Waals surface area contributed by atoms with Gasteiger partial charge >= 0.3 is 11.9 Å². The van der Waals surface area contributed by atoms with Gasteiger partial charge in [-0.25, -0.2) is 11.0 Å². The Bertz CT molecular complexity index is 438. The summed E-state index contributed by atoms with van der Waals surface area (Å²) in [5.74, 6) is -4.63. The maximum absolute atomic E-state index is 11.8. The molecule has 7 N–H and O–H groups in total. The number of nitrogens with two attached hydrogens (primary N) is 1. The van der Waals surface area contributed by atoms with Crippen molar-refractivity contribution in [3.8, 4) is 0 Å². The fraction of sp³-hybridized carbons (Fsp3) is 0.556. The highest BCUT2D eigenvalue weighted by Gasteiger charge is 2.27. The van der Waals surface area contributed by atoms with Crippen LogP contribution in [0.5, 0.6) is 0 Å². The number of nitrogens with zero attached hydrogens (tertiary/aromatic N) is 2. The summed E-state index contributed by atoms with van der Waals surface area (Å²) in [6, 6.07) is -2.77. The van der Waals surface area contributed by atoms with Crippen molar-refractivity contribution < 1.29 is 29.4 Å². The Hall–Kier alpha value is -2.76. The van der Waals surface area contributed by atoms with Crippen molar-refractivity contribution in [1.29, 1.82) is 0 Å². The Morgan fingerprint density at radius 2 is 1.62 bits per heavy atom. The van der Waals surface area contributed by atoms with Crippen molar-refractivity contribution in [2.24, 2.45) is 16.1 Å². The molecule has 0 heterocycles. The minimum atomic E-state index is -1.46. The summed E-state index contributed by atoms with van der Waals surface area (Å²) < 4.78 is 0. The van der Waals surface area contributed by atoms with Crippen molar-refractivity contribution in [3.05, 3.63) is 0 Å². The third-order valence-corrected chi connectivity index (χ3v) is 2.12. The van der Waals surface area contributed by atoms with Crippen molar-refractivity contribution in [2.75, 3.05) is 7.05 Å². The molecule has 0 rings (SSSR count). The lowest BCUT2D eigenvalue weighted by molar-refractivity contribution is -0.142. The maximum atomic E-state index is 11.8.